The topological polar surface area (TPSA) is 17.1 Å². The number of aryl methyl sites for hydroxylation is 3. The lowest BCUT2D eigenvalue weighted by molar-refractivity contribution is 0.569. The summed E-state index contributed by atoms with van der Waals surface area (Å²) in [5, 5.41) is 3.42. The molecule has 120 valence electrons. The van der Waals surface area contributed by atoms with Crippen LogP contribution in [0, 0.1) is 20.8 Å². The summed E-state index contributed by atoms with van der Waals surface area (Å²) < 4.78 is 0. The molecule has 0 aliphatic carbocycles. The van der Waals surface area contributed by atoms with E-state index in [2.05, 4.69) is 57.2 Å². The number of carbonyl (C=O) groups excluding carboxylic acids is 1. The maximum absolute atomic E-state index is 12.7. The lowest BCUT2D eigenvalue weighted by Gasteiger charge is -2.24. The van der Waals surface area contributed by atoms with E-state index in [0.29, 0.717) is 0 Å². The predicted molar refractivity (Wildman–Crippen MR) is 106 cm³/mol. The van der Waals surface area contributed by atoms with Crippen molar-refractivity contribution in [2.24, 2.45) is 0 Å². The second-order valence-electron chi connectivity index (χ2n) is 6.25. The molecule has 1 nitrogen and oxygen atoms in total. The fraction of sp³-hybridized carbons (Fsp3) is 0.136. The molecule has 0 fully saturated rings. The van der Waals surface area contributed by atoms with Crippen molar-refractivity contribution < 1.29 is 4.79 Å². The van der Waals surface area contributed by atoms with E-state index in [-0.39, 0.29) is 0 Å². The highest BCUT2D eigenvalue weighted by atomic mass is 31.2. The van der Waals surface area contributed by atoms with Crippen LogP contribution in [0.1, 0.15) is 16.7 Å². The summed E-state index contributed by atoms with van der Waals surface area (Å²) >= 11 is 0. The first-order chi connectivity index (χ1) is 11.6. The van der Waals surface area contributed by atoms with Crippen molar-refractivity contribution in [3.63, 3.8) is 0 Å². The Bertz CT molecular complexity index is 791. The van der Waals surface area contributed by atoms with Crippen LogP contribution in [0.5, 0.6) is 0 Å². The van der Waals surface area contributed by atoms with E-state index in [9.17, 15) is 4.79 Å². The van der Waals surface area contributed by atoms with Crippen molar-refractivity contribution in [1.82, 2.24) is 0 Å². The Morgan fingerprint density at radius 1 is 0.708 bits per heavy atom. The summed E-state index contributed by atoms with van der Waals surface area (Å²) in [5.41, 5.74) is 3.63. The number of rotatable bonds is 4. The zero-order valence-electron chi connectivity index (χ0n) is 14.4. The van der Waals surface area contributed by atoms with Gasteiger partial charge >= 0.3 is 0 Å². The minimum absolute atomic E-state index is 1.11. The molecule has 0 aliphatic rings. The van der Waals surface area contributed by atoms with Crippen LogP contribution in [-0.4, -0.2) is 6.03 Å². The van der Waals surface area contributed by atoms with Gasteiger partial charge in [0.25, 0.3) is 6.03 Å². The van der Waals surface area contributed by atoms with Crippen LogP contribution >= 0.6 is 7.26 Å². The van der Waals surface area contributed by atoms with Gasteiger partial charge in [-0.1, -0.05) is 54.1 Å². The van der Waals surface area contributed by atoms with Gasteiger partial charge in [0.1, 0.15) is 15.9 Å². The molecule has 24 heavy (non-hydrogen) atoms. The second-order valence-corrected chi connectivity index (χ2v) is 9.38. The summed E-state index contributed by atoms with van der Waals surface area (Å²) in [5.74, 6) is 0. The zero-order valence-corrected chi connectivity index (χ0v) is 15.3. The molecule has 0 bridgehead atoms. The second kappa shape index (κ2) is 6.71. The first kappa shape index (κ1) is 16.6. The fourth-order valence-corrected chi connectivity index (χ4v) is 7.33. The van der Waals surface area contributed by atoms with Gasteiger partial charge in [-0.25, -0.2) is 0 Å². The molecule has 0 spiro atoms. The van der Waals surface area contributed by atoms with Gasteiger partial charge in [0.2, 0.25) is 0 Å². The maximum atomic E-state index is 12.7. The minimum atomic E-state index is -2.31. The molecule has 0 heterocycles. The average Bonchev–Trinajstić information content (AvgIpc) is 2.59. The van der Waals surface area contributed by atoms with Crippen LogP contribution in [0.4, 0.5) is 0 Å². The number of hydrogen-bond acceptors (Lipinski definition) is 1. The van der Waals surface area contributed by atoms with Crippen molar-refractivity contribution in [2.45, 2.75) is 20.8 Å². The Hall–Kier alpha value is -2.24. The zero-order chi connectivity index (χ0) is 17.2. The molecule has 3 rings (SSSR count). The van der Waals surface area contributed by atoms with E-state index in [1.165, 1.54) is 28.0 Å². The first-order valence-electron chi connectivity index (χ1n) is 8.14. The van der Waals surface area contributed by atoms with Gasteiger partial charge < -0.3 is 0 Å². The van der Waals surface area contributed by atoms with E-state index in [0.717, 1.165) is 10.6 Å². The standard InChI is InChI=1S/C22H22OP/c1-17-14-18(2)22(19(3)15-17)24(16-23,20-10-6-4-7-11-20)21-12-8-5-9-13-21/h4-16H,1-3H3/q+1. The van der Waals surface area contributed by atoms with Gasteiger partial charge in [-0.05, 0) is 56.2 Å². The molecule has 3 aromatic rings. The van der Waals surface area contributed by atoms with Crippen molar-refractivity contribution in [3.8, 4) is 0 Å². The van der Waals surface area contributed by atoms with E-state index >= 15 is 0 Å². The van der Waals surface area contributed by atoms with Crippen LogP contribution in [-0.2, 0) is 4.79 Å². The highest BCUT2D eigenvalue weighted by Gasteiger charge is 2.48. The molecule has 3 aromatic carbocycles. The molecule has 0 saturated heterocycles. The van der Waals surface area contributed by atoms with Crippen LogP contribution in [0.15, 0.2) is 72.8 Å². The largest absolute Gasteiger partial charge is 0.272 e. The summed E-state index contributed by atoms with van der Waals surface area (Å²) in [6, 6.07) is 26.0. The number of carbonyl (C=O) groups is 1. The van der Waals surface area contributed by atoms with Gasteiger partial charge in [-0.2, -0.15) is 0 Å². The van der Waals surface area contributed by atoms with Gasteiger partial charge in [0.15, 0.2) is 7.26 Å². The third kappa shape index (κ3) is 2.70. The summed E-state index contributed by atoms with van der Waals surface area (Å²) in [6.45, 7) is 6.36. The van der Waals surface area contributed by atoms with Crippen molar-refractivity contribution in [3.05, 3.63) is 89.5 Å². The van der Waals surface area contributed by atoms with Crippen molar-refractivity contribution in [1.29, 1.82) is 0 Å². The third-order valence-electron chi connectivity index (χ3n) is 4.47. The lowest BCUT2D eigenvalue weighted by Crippen LogP contribution is -2.34. The maximum Gasteiger partial charge on any atom is 0.272 e. The van der Waals surface area contributed by atoms with Crippen LogP contribution in [0.3, 0.4) is 0 Å². The van der Waals surface area contributed by atoms with Crippen LogP contribution < -0.4 is 15.9 Å². The highest BCUT2D eigenvalue weighted by Crippen LogP contribution is 2.53. The molecule has 0 aliphatic heterocycles. The Morgan fingerprint density at radius 2 is 1.12 bits per heavy atom. The smallest absolute Gasteiger partial charge is 0.255 e. The summed E-state index contributed by atoms with van der Waals surface area (Å²) in [4.78, 5) is 12.7. The molecule has 0 saturated carbocycles. The molecule has 2 heteroatoms. The van der Waals surface area contributed by atoms with Gasteiger partial charge in [0.05, 0.1) is 0 Å². The number of benzene rings is 3. The Morgan fingerprint density at radius 3 is 1.50 bits per heavy atom. The van der Waals surface area contributed by atoms with E-state index < -0.39 is 7.26 Å². The van der Waals surface area contributed by atoms with E-state index in [1.54, 1.807) is 0 Å². The summed E-state index contributed by atoms with van der Waals surface area (Å²) in [6.07, 6.45) is 0. The van der Waals surface area contributed by atoms with Gasteiger partial charge in [-0.3, -0.25) is 4.79 Å². The monoisotopic (exact) mass is 333 g/mol. The quantitative estimate of drug-likeness (QED) is 0.519. The Kier molecular flexibility index (Phi) is 4.64. The minimum Gasteiger partial charge on any atom is -0.255 e. The van der Waals surface area contributed by atoms with E-state index in [1.807, 2.05) is 36.4 Å². The molecule has 0 radical (unpaired) electrons. The van der Waals surface area contributed by atoms with Crippen LogP contribution in [0.2, 0.25) is 0 Å². The molecule has 0 atom stereocenters. The first-order valence-corrected chi connectivity index (χ1v) is 10.00. The normalized spacial score (nSPS) is 11.3. The van der Waals surface area contributed by atoms with Crippen molar-refractivity contribution in [2.75, 3.05) is 0 Å². The molecular weight excluding hydrogens is 311 g/mol. The molecule has 0 amide bonds. The predicted octanol–water partition coefficient (Wildman–Crippen LogP) is 4.10. The fourth-order valence-electron chi connectivity index (χ4n) is 3.64. The summed E-state index contributed by atoms with van der Waals surface area (Å²) in [7, 11) is -2.31. The molecule has 0 unspecified atom stereocenters. The van der Waals surface area contributed by atoms with Gasteiger partial charge in [0, 0.05) is 0 Å². The Labute approximate surface area is 144 Å². The molecule has 0 aromatic heterocycles. The lowest BCUT2D eigenvalue weighted by atomic mass is 10.1. The highest BCUT2D eigenvalue weighted by molar-refractivity contribution is 8.06. The van der Waals surface area contributed by atoms with E-state index in [4.69, 9.17) is 0 Å². The molecule has 0 N–H and O–H groups in total. The van der Waals surface area contributed by atoms with Crippen molar-refractivity contribution >= 4 is 29.2 Å². The Balaban J connectivity index is 2.42. The average molecular weight is 333 g/mol. The van der Waals surface area contributed by atoms with Crippen LogP contribution in [0.25, 0.3) is 0 Å². The molecular formula is C22H22OP+. The third-order valence-corrected chi connectivity index (χ3v) is 8.43. The van der Waals surface area contributed by atoms with Gasteiger partial charge in [-0.15, -0.1) is 0 Å². The SMILES string of the molecule is Cc1cc(C)c([P+](C=O)(c2ccccc2)c2ccccc2)c(C)c1. The number of hydrogen-bond donors (Lipinski definition) is 0.